The first-order valence-corrected chi connectivity index (χ1v) is 12.7. The van der Waals surface area contributed by atoms with E-state index in [1.54, 1.807) is 0 Å². The number of rotatable bonds is 5. The van der Waals surface area contributed by atoms with Crippen molar-refractivity contribution >= 4 is 11.8 Å². The predicted octanol–water partition coefficient (Wildman–Crippen LogP) is 4.92. The Balaban J connectivity index is 1.31. The van der Waals surface area contributed by atoms with Crippen LogP contribution in [0.3, 0.4) is 0 Å². The van der Waals surface area contributed by atoms with E-state index in [0.717, 1.165) is 50.9 Å². The highest BCUT2D eigenvalue weighted by atomic mass is 16.5. The highest BCUT2D eigenvalue weighted by molar-refractivity contribution is 5.85. The normalized spacial score (nSPS) is 51.4. The third-order valence-corrected chi connectivity index (χ3v) is 11.0. The van der Waals surface area contributed by atoms with E-state index < -0.39 is 5.60 Å². The van der Waals surface area contributed by atoms with Gasteiger partial charge in [-0.25, -0.2) is 0 Å². The van der Waals surface area contributed by atoms with Gasteiger partial charge in [-0.3, -0.25) is 9.59 Å². The maximum Gasteiger partial charge on any atom is 0.305 e. The van der Waals surface area contributed by atoms with E-state index in [9.17, 15) is 14.7 Å². The van der Waals surface area contributed by atoms with E-state index >= 15 is 0 Å². The first-order valence-electron chi connectivity index (χ1n) is 12.7. The van der Waals surface area contributed by atoms with Gasteiger partial charge in [0.1, 0.15) is 5.78 Å². The van der Waals surface area contributed by atoms with E-state index in [1.807, 2.05) is 6.92 Å². The van der Waals surface area contributed by atoms with Gasteiger partial charge in [-0.1, -0.05) is 20.8 Å². The second-order valence-corrected chi connectivity index (χ2v) is 11.8. The summed E-state index contributed by atoms with van der Waals surface area (Å²) in [6.45, 7) is 7.14. The molecule has 0 aromatic rings. The lowest BCUT2D eigenvalue weighted by atomic mass is 9.44. The van der Waals surface area contributed by atoms with Gasteiger partial charge in [0.25, 0.3) is 0 Å². The fourth-order valence-corrected chi connectivity index (χ4v) is 9.18. The Bertz CT molecular complexity index is 733. The van der Waals surface area contributed by atoms with Gasteiger partial charge in [0, 0.05) is 18.8 Å². The summed E-state index contributed by atoms with van der Waals surface area (Å²) < 4.78 is 5.27. The second-order valence-electron chi connectivity index (χ2n) is 11.8. The summed E-state index contributed by atoms with van der Waals surface area (Å²) in [4.78, 5) is 23.9. The zero-order valence-electron chi connectivity index (χ0n) is 19.1. The summed E-state index contributed by atoms with van der Waals surface area (Å²) in [7, 11) is 0. The van der Waals surface area contributed by atoms with Crippen molar-refractivity contribution in [3.8, 4) is 0 Å². The van der Waals surface area contributed by atoms with Gasteiger partial charge >= 0.3 is 5.97 Å². The Labute approximate surface area is 181 Å². The molecule has 0 aromatic heterocycles. The minimum absolute atomic E-state index is 0.0143. The van der Waals surface area contributed by atoms with Crippen LogP contribution in [0.4, 0.5) is 0 Å². The molecule has 4 nitrogen and oxygen atoms in total. The lowest BCUT2D eigenvalue weighted by Gasteiger charge is -2.61. The van der Waals surface area contributed by atoms with Crippen molar-refractivity contribution in [2.45, 2.75) is 97.0 Å². The predicted molar refractivity (Wildman–Crippen MR) is 115 cm³/mol. The van der Waals surface area contributed by atoms with Crippen LogP contribution in [-0.4, -0.2) is 29.1 Å². The summed E-state index contributed by atoms with van der Waals surface area (Å²) in [5, 5.41) is 11.8. The maximum absolute atomic E-state index is 12.4. The summed E-state index contributed by atoms with van der Waals surface area (Å²) in [6.07, 6.45) is 10.7. The number of hydrogen-bond acceptors (Lipinski definition) is 4. The van der Waals surface area contributed by atoms with E-state index in [4.69, 9.17) is 4.74 Å². The smallest absolute Gasteiger partial charge is 0.305 e. The highest BCUT2D eigenvalue weighted by Gasteiger charge is 2.69. The molecule has 0 aliphatic heterocycles. The molecular weight excluding hydrogens is 376 g/mol. The van der Waals surface area contributed by atoms with Crippen molar-refractivity contribution in [3.05, 3.63) is 0 Å². The average molecular weight is 417 g/mol. The molecule has 5 aliphatic carbocycles. The van der Waals surface area contributed by atoms with E-state index in [1.165, 1.54) is 19.3 Å². The van der Waals surface area contributed by atoms with Crippen molar-refractivity contribution < 1.29 is 19.4 Å². The summed E-state index contributed by atoms with van der Waals surface area (Å²) in [5.41, 5.74) is -0.277. The minimum atomic E-state index is -0.621. The SMILES string of the molecule is CCC(=O)OCCC[C@]1(O)CC[C@H]2[C@@H]3CC[C@H]4CC(=O)[C@@H]5C[C@@H]5[C@]4(C)[C@H]3CC[C@@]21C. The van der Waals surface area contributed by atoms with E-state index in [-0.39, 0.29) is 11.4 Å². The Hall–Kier alpha value is -0.900. The molecule has 0 radical (unpaired) electrons. The van der Waals surface area contributed by atoms with Gasteiger partial charge in [-0.15, -0.1) is 0 Å². The molecule has 0 amide bonds. The van der Waals surface area contributed by atoms with Crippen molar-refractivity contribution in [2.75, 3.05) is 6.61 Å². The number of ketones is 1. The van der Waals surface area contributed by atoms with Crippen molar-refractivity contribution in [3.63, 3.8) is 0 Å². The van der Waals surface area contributed by atoms with Crippen molar-refractivity contribution in [2.24, 2.45) is 46.3 Å². The molecule has 0 unspecified atom stereocenters. The van der Waals surface area contributed by atoms with Crippen LogP contribution in [0.15, 0.2) is 0 Å². The third kappa shape index (κ3) is 2.81. The number of carbonyl (C=O) groups excluding carboxylic acids is 2. The quantitative estimate of drug-likeness (QED) is 0.510. The van der Waals surface area contributed by atoms with Gasteiger partial charge in [0.2, 0.25) is 0 Å². The standard InChI is InChI=1S/C26H40O4/c1-4-23(28)30-13-5-10-26(29)12-9-19-17-7-6-16-14-22(27)18-15-21(18)25(16,3)20(17)8-11-24(19,26)2/h16-21,29H,4-15H2,1-3H3/t16-,17-,18+,19-,20-,21-,24-,25-,26-/m0/s1. The zero-order chi connectivity index (χ0) is 21.3. The molecule has 9 atom stereocenters. The number of fused-ring (bicyclic) bond motifs is 7. The highest BCUT2D eigenvalue weighted by Crippen LogP contribution is 2.73. The summed E-state index contributed by atoms with van der Waals surface area (Å²) in [5.74, 6) is 4.10. The minimum Gasteiger partial charge on any atom is -0.466 e. The molecule has 168 valence electrons. The van der Waals surface area contributed by atoms with Gasteiger partial charge < -0.3 is 9.84 Å². The molecule has 4 heteroatoms. The molecule has 30 heavy (non-hydrogen) atoms. The van der Waals surface area contributed by atoms with Gasteiger partial charge in [-0.05, 0) is 98.2 Å². The number of Topliss-reactive ketones (excluding diaryl/α,β-unsaturated/α-hetero) is 1. The van der Waals surface area contributed by atoms with Crippen LogP contribution in [0, 0.1) is 46.3 Å². The van der Waals surface area contributed by atoms with Crippen LogP contribution in [0.1, 0.15) is 91.4 Å². The molecule has 0 saturated heterocycles. The Morgan fingerprint density at radius 3 is 2.63 bits per heavy atom. The van der Waals surface area contributed by atoms with Gasteiger partial charge in [-0.2, -0.15) is 0 Å². The number of hydrogen-bond donors (Lipinski definition) is 1. The Morgan fingerprint density at radius 2 is 1.87 bits per heavy atom. The van der Waals surface area contributed by atoms with Gasteiger partial charge in [0.05, 0.1) is 12.2 Å². The first-order chi connectivity index (χ1) is 14.2. The maximum atomic E-state index is 12.4. The molecule has 5 fully saturated rings. The van der Waals surface area contributed by atoms with E-state index in [0.29, 0.717) is 53.8 Å². The Morgan fingerprint density at radius 1 is 1.10 bits per heavy atom. The van der Waals surface area contributed by atoms with Crippen LogP contribution < -0.4 is 0 Å². The van der Waals surface area contributed by atoms with Crippen LogP contribution in [-0.2, 0) is 14.3 Å². The molecule has 5 aliphatic rings. The molecule has 0 spiro atoms. The monoisotopic (exact) mass is 416 g/mol. The molecule has 0 aromatic carbocycles. The van der Waals surface area contributed by atoms with Crippen molar-refractivity contribution in [1.82, 2.24) is 0 Å². The van der Waals surface area contributed by atoms with Crippen molar-refractivity contribution in [1.29, 1.82) is 0 Å². The van der Waals surface area contributed by atoms with Crippen LogP contribution >= 0.6 is 0 Å². The molecule has 5 saturated carbocycles. The summed E-state index contributed by atoms with van der Waals surface area (Å²) in [6, 6.07) is 0. The number of aliphatic hydroxyl groups is 1. The fraction of sp³-hybridized carbons (Fsp3) is 0.923. The summed E-state index contributed by atoms with van der Waals surface area (Å²) >= 11 is 0. The topological polar surface area (TPSA) is 63.6 Å². The third-order valence-electron chi connectivity index (χ3n) is 11.0. The second kappa shape index (κ2) is 7.05. The molecule has 0 heterocycles. The number of esters is 1. The molecule has 5 rings (SSSR count). The zero-order valence-corrected chi connectivity index (χ0v) is 19.1. The number of carbonyl (C=O) groups is 2. The van der Waals surface area contributed by atoms with Crippen LogP contribution in [0.2, 0.25) is 0 Å². The lowest BCUT2D eigenvalue weighted by molar-refractivity contribution is -0.163. The average Bonchev–Trinajstić information content (AvgIpc) is 3.49. The number of ether oxygens (including phenoxy) is 1. The molecular formula is C26H40O4. The van der Waals surface area contributed by atoms with Crippen LogP contribution in [0.5, 0.6) is 0 Å². The largest absolute Gasteiger partial charge is 0.466 e. The Kier molecular flexibility index (Phi) is 4.93. The van der Waals surface area contributed by atoms with Gasteiger partial charge in [0.15, 0.2) is 0 Å². The fourth-order valence-electron chi connectivity index (χ4n) is 9.18. The molecule has 1 N–H and O–H groups in total. The molecule has 0 bridgehead atoms. The van der Waals surface area contributed by atoms with E-state index in [2.05, 4.69) is 13.8 Å². The lowest BCUT2D eigenvalue weighted by Crippen LogP contribution is -2.57. The first kappa shape index (κ1) is 21.0. The van der Waals surface area contributed by atoms with Crippen LogP contribution in [0.25, 0.3) is 0 Å².